The molecule has 0 aromatic rings. The fourth-order valence-corrected chi connectivity index (χ4v) is 0. The molecule has 0 N–H and O–H groups in total. The number of aliphatic carboxylic acids is 1. The van der Waals surface area contributed by atoms with Crippen molar-refractivity contribution in [1.29, 1.82) is 5.26 Å². The molecular formula is C4H6NNaO2. The second kappa shape index (κ2) is 15.8. The molecule has 0 radical (unpaired) electrons. The van der Waals surface area contributed by atoms with Crippen LogP contribution >= 0.6 is 0 Å². The molecule has 0 unspecified atom stereocenters. The van der Waals surface area contributed by atoms with Crippen molar-refractivity contribution in [3.63, 3.8) is 0 Å². The summed E-state index contributed by atoms with van der Waals surface area (Å²) in [6, 6.07) is 1.75. The fourth-order valence-electron chi connectivity index (χ4n) is 0. The molecule has 0 aliphatic rings. The van der Waals surface area contributed by atoms with E-state index in [0.717, 1.165) is 6.92 Å². The SMILES string of the molecule is CC#N.CC(=O)[O-].[Na+]. The predicted octanol–water partition coefficient (Wildman–Crippen LogP) is -3.71. The van der Waals surface area contributed by atoms with Gasteiger partial charge in [0.25, 0.3) is 0 Å². The molecule has 0 fully saturated rings. The van der Waals surface area contributed by atoms with Gasteiger partial charge in [-0.1, -0.05) is 0 Å². The molecule has 0 saturated carbocycles. The van der Waals surface area contributed by atoms with Gasteiger partial charge >= 0.3 is 29.6 Å². The molecule has 0 heterocycles. The van der Waals surface area contributed by atoms with Crippen LogP contribution in [-0.2, 0) is 4.79 Å². The van der Waals surface area contributed by atoms with Gasteiger partial charge in [0.15, 0.2) is 0 Å². The van der Waals surface area contributed by atoms with E-state index in [-0.39, 0.29) is 29.6 Å². The van der Waals surface area contributed by atoms with Crippen molar-refractivity contribution in [2.24, 2.45) is 0 Å². The van der Waals surface area contributed by atoms with E-state index in [1.807, 2.05) is 0 Å². The average molecular weight is 123 g/mol. The molecule has 0 amide bonds. The second-order valence-electron chi connectivity index (χ2n) is 0.715. The first-order valence-corrected chi connectivity index (χ1v) is 1.63. The van der Waals surface area contributed by atoms with Crippen molar-refractivity contribution in [2.45, 2.75) is 13.8 Å². The van der Waals surface area contributed by atoms with E-state index < -0.39 is 5.97 Å². The molecule has 0 atom stereocenters. The third-order valence-corrected chi connectivity index (χ3v) is 0. The molecule has 4 heteroatoms. The maximum atomic E-state index is 8.89. The molecule has 3 nitrogen and oxygen atoms in total. The molecular weight excluding hydrogens is 117 g/mol. The fraction of sp³-hybridized carbons (Fsp3) is 0.500. The summed E-state index contributed by atoms with van der Waals surface area (Å²) in [6.07, 6.45) is 0. The molecule has 0 spiro atoms. The predicted molar refractivity (Wildman–Crippen MR) is 22.0 cm³/mol. The topological polar surface area (TPSA) is 63.9 Å². The maximum Gasteiger partial charge on any atom is 1.00 e. The molecule has 0 bridgehead atoms. The Labute approximate surface area is 70.6 Å². The standard InChI is InChI=1S/C2H3N.C2H4O2.Na/c1-2-3;1-2(3)4;/h1H3;1H3,(H,3,4);/q;;+1/p-1. The molecule has 0 saturated heterocycles. The van der Waals surface area contributed by atoms with E-state index in [4.69, 9.17) is 15.2 Å². The zero-order chi connectivity index (χ0) is 6.28. The summed E-state index contributed by atoms with van der Waals surface area (Å²) in [5, 5.41) is 16.2. The maximum absolute atomic E-state index is 8.89. The number of carboxylic acid groups (broad SMARTS) is 1. The monoisotopic (exact) mass is 123 g/mol. The summed E-state index contributed by atoms with van der Waals surface area (Å²) >= 11 is 0. The Morgan fingerprint density at radius 1 is 1.75 bits per heavy atom. The summed E-state index contributed by atoms with van der Waals surface area (Å²) in [5.74, 6) is -1.08. The van der Waals surface area contributed by atoms with Gasteiger partial charge in [0.2, 0.25) is 0 Å². The Hall–Kier alpha value is -0.0400. The van der Waals surface area contributed by atoms with Crippen molar-refractivity contribution >= 4 is 5.97 Å². The van der Waals surface area contributed by atoms with Crippen molar-refractivity contribution in [2.75, 3.05) is 0 Å². The second-order valence-corrected chi connectivity index (χ2v) is 0.715. The quantitative estimate of drug-likeness (QED) is 0.311. The normalized spacial score (nSPS) is 4.12. The van der Waals surface area contributed by atoms with Crippen LogP contribution in [-0.4, -0.2) is 5.97 Å². The number of nitriles is 1. The number of hydrogen-bond acceptors (Lipinski definition) is 3. The van der Waals surface area contributed by atoms with Crippen LogP contribution in [0.2, 0.25) is 0 Å². The van der Waals surface area contributed by atoms with Crippen LogP contribution in [0.25, 0.3) is 0 Å². The van der Waals surface area contributed by atoms with Crippen molar-refractivity contribution < 1.29 is 39.5 Å². The van der Waals surface area contributed by atoms with Gasteiger partial charge in [-0.3, -0.25) is 0 Å². The van der Waals surface area contributed by atoms with Gasteiger partial charge in [0.1, 0.15) is 0 Å². The minimum absolute atomic E-state index is 0. The first kappa shape index (κ1) is 15.7. The molecule has 0 aromatic heterocycles. The van der Waals surface area contributed by atoms with Crippen LogP contribution in [0, 0.1) is 11.3 Å². The van der Waals surface area contributed by atoms with Crippen LogP contribution in [0.4, 0.5) is 0 Å². The Kier molecular flexibility index (Phi) is 30.9. The largest absolute Gasteiger partial charge is 1.00 e. The summed E-state index contributed by atoms with van der Waals surface area (Å²) in [4.78, 5) is 8.89. The zero-order valence-corrected chi connectivity index (χ0v) is 7.26. The Morgan fingerprint density at radius 3 is 1.75 bits per heavy atom. The Morgan fingerprint density at radius 2 is 1.75 bits per heavy atom. The van der Waals surface area contributed by atoms with E-state index in [9.17, 15) is 0 Å². The van der Waals surface area contributed by atoms with E-state index in [1.165, 1.54) is 6.92 Å². The van der Waals surface area contributed by atoms with Crippen LogP contribution < -0.4 is 34.7 Å². The number of rotatable bonds is 0. The first-order valence-electron chi connectivity index (χ1n) is 1.63. The van der Waals surface area contributed by atoms with Gasteiger partial charge in [0.05, 0.1) is 6.07 Å². The smallest absolute Gasteiger partial charge is 0.550 e. The Bertz CT molecular complexity index is 82.5. The molecule has 0 rings (SSSR count). The third-order valence-electron chi connectivity index (χ3n) is 0. The summed E-state index contributed by atoms with van der Waals surface area (Å²) < 4.78 is 0. The summed E-state index contributed by atoms with van der Waals surface area (Å²) in [6.45, 7) is 2.40. The van der Waals surface area contributed by atoms with Gasteiger partial charge in [-0.15, -0.1) is 0 Å². The number of nitrogens with zero attached hydrogens (tertiary/aromatic N) is 1. The third kappa shape index (κ3) is 91600. The minimum atomic E-state index is -1.08. The first-order chi connectivity index (χ1) is 3.15. The van der Waals surface area contributed by atoms with Crippen LogP contribution in [0.3, 0.4) is 0 Å². The molecule has 0 aliphatic carbocycles. The van der Waals surface area contributed by atoms with Gasteiger partial charge in [-0.25, -0.2) is 0 Å². The molecule has 0 aliphatic heterocycles. The Balaban J connectivity index is -0.0000000575. The van der Waals surface area contributed by atoms with Crippen molar-refractivity contribution in [3.05, 3.63) is 0 Å². The van der Waals surface area contributed by atoms with Gasteiger partial charge < -0.3 is 9.90 Å². The number of hydrogen-bond donors (Lipinski definition) is 0. The molecule has 8 heavy (non-hydrogen) atoms. The van der Waals surface area contributed by atoms with Crippen LogP contribution in [0.1, 0.15) is 13.8 Å². The minimum Gasteiger partial charge on any atom is -0.550 e. The number of carbonyl (C=O) groups is 1. The number of carboxylic acids is 1. The summed E-state index contributed by atoms with van der Waals surface area (Å²) in [5.41, 5.74) is 0. The summed E-state index contributed by atoms with van der Waals surface area (Å²) in [7, 11) is 0. The average Bonchev–Trinajstić information content (AvgIpc) is 1.33. The van der Waals surface area contributed by atoms with E-state index in [1.54, 1.807) is 6.07 Å². The van der Waals surface area contributed by atoms with Gasteiger partial charge in [0, 0.05) is 12.9 Å². The number of carbonyl (C=O) groups excluding carboxylic acids is 1. The van der Waals surface area contributed by atoms with E-state index in [2.05, 4.69) is 0 Å². The van der Waals surface area contributed by atoms with E-state index >= 15 is 0 Å². The molecule has 40 valence electrons. The zero-order valence-electron chi connectivity index (χ0n) is 5.26. The van der Waals surface area contributed by atoms with Gasteiger partial charge in [-0.2, -0.15) is 5.26 Å². The van der Waals surface area contributed by atoms with Crippen LogP contribution in [0.15, 0.2) is 0 Å². The van der Waals surface area contributed by atoms with Crippen LogP contribution in [0.5, 0.6) is 0 Å². The van der Waals surface area contributed by atoms with Gasteiger partial charge in [-0.05, 0) is 6.92 Å². The van der Waals surface area contributed by atoms with E-state index in [0.29, 0.717) is 0 Å². The molecule has 0 aromatic carbocycles. The van der Waals surface area contributed by atoms with Crippen molar-refractivity contribution in [1.82, 2.24) is 0 Å². The van der Waals surface area contributed by atoms with Crippen molar-refractivity contribution in [3.8, 4) is 6.07 Å².